The molecule has 1 saturated heterocycles. The molecule has 5 heteroatoms. The lowest BCUT2D eigenvalue weighted by Crippen LogP contribution is -2.44. The van der Waals surface area contributed by atoms with Crippen LogP contribution in [0.1, 0.15) is 41.8 Å². The number of methoxy groups -OCH3 is 1. The zero-order valence-electron chi connectivity index (χ0n) is 12.8. The highest BCUT2D eigenvalue weighted by Crippen LogP contribution is 2.36. The van der Waals surface area contributed by atoms with Gasteiger partial charge in [0, 0.05) is 31.7 Å². The van der Waals surface area contributed by atoms with Gasteiger partial charge in [-0.3, -0.25) is 0 Å². The van der Waals surface area contributed by atoms with Gasteiger partial charge in [-0.15, -0.1) is 11.3 Å². The zero-order valence-corrected chi connectivity index (χ0v) is 13.6. The first-order valence-corrected chi connectivity index (χ1v) is 8.32. The van der Waals surface area contributed by atoms with Gasteiger partial charge >= 0.3 is 0 Å². The number of nitrogens with zero attached hydrogens (tertiary/aromatic N) is 1. The van der Waals surface area contributed by atoms with Crippen molar-refractivity contribution in [3.63, 3.8) is 0 Å². The van der Waals surface area contributed by atoms with E-state index in [2.05, 4.69) is 19.2 Å². The number of hydrogen-bond donors (Lipinski definition) is 1. The van der Waals surface area contributed by atoms with Crippen molar-refractivity contribution in [1.82, 2.24) is 10.3 Å². The summed E-state index contributed by atoms with van der Waals surface area (Å²) in [5.74, 6) is 0. The minimum Gasteiger partial charge on any atom is -0.383 e. The molecule has 1 fully saturated rings. The van der Waals surface area contributed by atoms with Crippen LogP contribution < -0.4 is 5.32 Å². The zero-order chi connectivity index (χ0) is 14.4. The molecule has 20 heavy (non-hydrogen) atoms. The van der Waals surface area contributed by atoms with E-state index in [1.807, 2.05) is 11.3 Å². The van der Waals surface area contributed by atoms with Crippen LogP contribution in [0.3, 0.4) is 0 Å². The van der Waals surface area contributed by atoms with Gasteiger partial charge in [0.25, 0.3) is 0 Å². The Kier molecular flexibility index (Phi) is 5.96. The molecule has 1 aliphatic heterocycles. The summed E-state index contributed by atoms with van der Waals surface area (Å²) in [5, 5.41) is 4.93. The van der Waals surface area contributed by atoms with E-state index in [1.165, 1.54) is 15.6 Å². The summed E-state index contributed by atoms with van der Waals surface area (Å²) in [5.41, 5.74) is 1.21. The third-order valence-corrected chi connectivity index (χ3v) is 5.19. The topological polar surface area (TPSA) is 43.4 Å². The quantitative estimate of drug-likeness (QED) is 0.820. The highest BCUT2D eigenvalue weighted by atomic mass is 32.1. The molecule has 0 radical (unpaired) electrons. The van der Waals surface area contributed by atoms with Crippen LogP contribution in [0.25, 0.3) is 0 Å². The molecular weight excluding hydrogens is 272 g/mol. The van der Waals surface area contributed by atoms with E-state index >= 15 is 0 Å². The van der Waals surface area contributed by atoms with Gasteiger partial charge in [0.15, 0.2) is 0 Å². The largest absolute Gasteiger partial charge is 0.383 e. The van der Waals surface area contributed by atoms with Gasteiger partial charge in [0.05, 0.1) is 17.8 Å². The summed E-state index contributed by atoms with van der Waals surface area (Å²) in [6.45, 7) is 7.60. The molecule has 1 atom stereocenters. The van der Waals surface area contributed by atoms with Crippen molar-refractivity contribution >= 4 is 11.3 Å². The van der Waals surface area contributed by atoms with Crippen LogP contribution >= 0.6 is 11.3 Å². The van der Waals surface area contributed by atoms with Crippen LogP contribution in [0, 0.1) is 6.92 Å². The summed E-state index contributed by atoms with van der Waals surface area (Å²) in [6.07, 6.45) is 4.17. The fourth-order valence-electron chi connectivity index (χ4n) is 2.77. The van der Waals surface area contributed by atoms with Crippen LogP contribution in [0.2, 0.25) is 0 Å². The lowest BCUT2D eigenvalue weighted by atomic mass is 9.91. The highest BCUT2D eigenvalue weighted by molar-refractivity contribution is 7.11. The molecule has 0 saturated carbocycles. The molecular formula is C15H26N2O2S. The molecule has 1 N–H and O–H groups in total. The number of aromatic nitrogens is 1. The second-order valence-electron chi connectivity index (χ2n) is 5.34. The highest BCUT2D eigenvalue weighted by Gasteiger charge is 2.35. The lowest BCUT2D eigenvalue weighted by molar-refractivity contribution is 0.133. The third-order valence-electron chi connectivity index (χ3n) is 3.97. The number of ether oxygens (including phenoxy) is 2. The molecule has 1 aliphatic rings. The fraction of sp³-hybridized carbons (Fsp3) is 0.800. The Morgan fingerprint density at radius 1 is 1.40 bits per heavy atom. The van der Waals surface area contributed by atoms with Crippen molar-refractivity contribution < 1.29 is 9.47 Å². The molecule has 1 aromatic heterocycles. The van der Waals surface area contributed by atoms with Crippen LogP contribution in [-0.2, 0) is 21.4 Å². The van der Waals surface area contributed by atoms with Gasteiger partial charge in [-0.2, -0.15) is 0 Å². The molecule has 2 heterocycles. The summed E-state index contributed by atoms with van der Waals surface area (Å²) >= 11 is 1.84. The minimum atomic E-state index is -0.0299. The molecule has 114 valence electrons. The van der Waals surface area contributed by atoms with Crippen molar-refractivity contribution in [2.24, 2.45) is 0 Å². The Balaban J connectivity index is 2.23. The smallest absolute Gasteiger partial charge is 0.113 e. The van der Waals surface area contributed by atoms with E-state index in [-0.39, 0.29) is 5.54 Å². The lowest BCUT2D eigenvalue weighted by Gasteiger charge is -2.31. The van der Waals surface area contributed by atoms with Crippen molar-refractivity contribution in [2.75, 3.05) is 33.5 Å². The number of thiazole rings is 1. The summed E-state index contributed by atoms with van der Waals surface area (Å²) < 4.78 is 10.8. The maximum absolute atomic E-state index is 5.65. The molecule has 0 aliphatic carbocycles. The van der Waals surface area contributed by atoms with Crippen LogP contribution in [-0.4, -0.2) is 38.5 Å². The van der Waals surface area contributed by atoms with Gasteiger partial charge in [-0.25, -0.2) is 4.98 Å². The van der Waals surface area contributed by atoms with E-state index in [9.17, 15) is 0 Å². The van der Waals surface area contributed by atoms with Crippen molar-refractivity contribution in [3.05, 3.63) is 15.6 Å². The second-order valence-corrected chi connectivity index (χ2v) is 6.55. The SMILES string of the molecule is CCc1nc(C2(NCCOC)CCCOCC2)sc1C. The molecule has 4 nitrogen and oxygen atoms in total. The normalized spacial score (nSPS) is 23.8. The van der Waals surface area contributed by atoms with E-state index in [4.69, 9.17) is 14.5 Å². The van der Waals surface area contributed by atoms with Crippen LogP contribution in [0.5, 0.6) is 0 Å². The minimum absolute atomic E-state index is 0.0299. The Morgan fingerprint density at radius 2 is 2.25 bits per heavy atom. The monoisotopic (exact) mass is 298 g/mol. The van der Waals surface area contributed by atoms with Gasteiger partial charge in [-0.05, 0) is 32.6 Å². The Morgan fingerprint density at radius 3 is 2.95 bits per heavy atom. The van der Waals surface area contributed by atoms with E-state index in [0.29, 0.717) is 0 Å². The van der Waals surface area contributed by atoms with E-state index in [1.54, 1.807) is 7.11 Å². The number of aryl methyl sites for hydroxylation is 2. The molecule has 2 rings (SSSR count). The van der Waals surface area contributed by atoms with Crippen molar-refractivity contribution in [3.8, 4) is 0 Å². The maximum atomic E-state index is 5.65. The van der Waals surface area contributed by atoms with Gasteiger partial charge in [0.1, 0.15) is 5.01 Å². The average Bonchev–Trinajstić information content (AvgIpc) is 2.68. The third kappa shape index (κ3) is 3.58. The number of rotatable bonds is 6. The summed E-state index contributed by atoms with van der Waals surface area (Å²) in [6, 6.07) is 0. The summed E-state index contributed by atoms with van der Waals surface area (Å²) in [7, 11) is 1.74. The second kappa shape index (κ2) is 7.50. The van der Waals surface area contributed by atoms with Crippen molar-refractivity contribution in [2.45, 2.75) is 45.1 Å². The Hall–Kier alpha value is -0.490. The van der Waals surface area contributed by atoms with E-state index < -0.39 is 0 Å². The predicted molar refractivity (Wildman–Crippen MR) is 82.5 cm³/mol. The molecule has 0 amide bonds. The Labute approximate surface area is 125 Å². The van der Waals surface area contributed by atoms with Crippen LogP contribution in [0.4, 0.5) is 0 Å². The van der Waals surface area contributed by atoms with E-state index in [0.717, 1.165) is 52.0 Å². The average molecular weight is 298 g/mol. The van der Waals surface area contributed by atoms with Gasteiger partial charge < -0.3 is 14.8 Å². The molecule has 0 aromatic carbocycles. The number of hydrogen-bond acceptors (Lipinski definition) is 5. The van der Waals surface area contributed by atoms with Gasteiger partial charge in [-0.1, -0.05) is 6.92 Å². The molecule has 0 bridgehead atoms. The standard InChI is InChI=1S/C15H26N2O2S/c1-4-13-12(2)20-14(17-13)15(16-8-11-18-3)6-5-9-19-10-7-15/h16H,4-11H2,1-3H3. The summed E-state index contributed by atoms with van der Waals surface area (Å²) in [4.78, 5) is 6.25. The van der Waals surface area contributed by atoms with Gasteiger partial charge in [0.2, 0.25) is 0 Å². The molecule has 1 unspecified atom stereocenters. The maximum Gasteiger partial charge on any atom is 0.113 e. The first kappa shape index (κ1) is 15.9. The predicted octanol–water partition coefficient (Wildman–Crippen LogP) is 2.65. The number of nitrogens with one attached hydrogen (secondary N) is 1. The molecule has 0 spiro atoms. The van der Waals surface area contributed by atoms with Crippen molar-refractivity contribution in [1.29, 1.82) is 0 Å². The van der Waals surface area contributed by atoms with Crippen LogP contribution in [0.15, 0.2) is 0 Å². The first-order chi connectivity index (χ1) is 9.72. The molecule has 1 aromatic rings. The first-order valence-electron chi connectivity index (χ1n) is 7.50. The fourth-order valence-corrected chi connectivity index (χ4v) is 3.99. The Bertz CT molecular complexity index is 412.